The van der Waals surface area contributed by atoms with Crippen LogP contribution < -0.4 is 5.32 Å². The smallest absolute Gasteiger partial charge is 0.337 e. The SMILES string of the molecule is Cc1ccc(Nc2c(C)cccc2F)c(C(=O)O)c1. The third-order valence-electron chi connectivity index (χ3n) is 2.89. The number of carbonyl (C=O) groups is 1. The van der Waals surface area contributed by atoms with Crippen LogP contribution in [0, 0.1) is 19.7 Å². The topological polar surface area (TPSA) is 49.3 Å². The molecule has 2 aromatic carbocycles. The van der Waals surface area contributed by atoms with Crippen LogP contribution >= 0.6 is 0 Å². The molecule has 0 aliphatic rings. The Morgan fingerprint density at radius 1 is 1.21 bits per heavy atom. The Bertz CT molecular complexity index is 618. The molecule has 0 bridgehead atoms. The lowest BCUT2D eigenvalue weighted by atomic mass is 10.1. The second-order valence-corrected chi connectivity index (χ2v) is 4.41. The third-order valence-corrected chi connectivity index (χ3v) is 2.89. The lowest BCUT2D eigenvalue weighted by molar-refractivity contribution is 0.0698. The Hall–Kier alpha value is -2.36. The number of halogens is 1. The molecular weight excluding hydrogens is 245 g/mol. The highest BCUT2D eigenvalue weighted by Crippen LogP contribution is 2.26. The van der Waals surface area contributed by atoms with E-state index in [0.29, 0.717) is 11.4 Å². The van der Waals surface area contributed by atoms with Crippen LogP contribution in [0.1, 0.15) is 21.5 Å². The van der Waals surface area contributed by atoms with Crippen LogP contribution in [0.15, 0.2) is 36.4 Å². The standard InChI is InChI=1S/C15H14FNO2/c1-9-6-7-13(11(8-9)15(18)19)17-14-10(2)4-3-5-12(14)16/h3-8,17H,1-2H3,(H,18,19). The minimum Gasteiger partial charge on any atom is -0.478 e. The van der Waals surface area contributed by atoms with Gasteiger partial charge in [-0.2, -0.15) is 0 Å². The summed E-state index contributed by atoms with van der Waals surface area (Å²) in [6.45, 7) is 3.57. The molecule has 4 heteroatoms. The summed E-state index contributed by atoms with van der Waals surface area (Å²) in [4.78, 5) is 11.2. The summed E-state index contributed by atoms with van der Waals surface area (Å²) in [5.41, 5.74) is 2.37. The van der Waals surface area contributed by atoms with E-state index < -0.39 is 11.8 Å². The molecule has 0 aliphatic heterocycles. The fourth-order valence-electron chi connectivity index (χ4n) is 1.87. The molecule has 2 N–H and O–H groups in total. The van der Waals surface area contributed by atoms with Crippen molar-refractivity contribution in [3.8, 4) is 0 Å². The van der Waals surface area contributed by atoms with Gasteiger partial charge in [-0.05, 0) is 37.6 Å². The zero-order valence-corrected chi connectivity index (χ0v) is 10.7. The molecule has 0 aromatic heterocycles. The molecule has 0 fully saturated rings. The van der Waals surface area contributed by atoms with E-state index in [2.05, 4.69) is 5.32 Å². The van der Waals surface area contributed by atoms with E-state index >= 15 is 0 Å². The molecule has 0 unspecified atom stereocenters. The van der Waals surface area contributed by atoms with Crippen LogP contribution in [-0.2, 0) is 0 Å². The van der Waals surface area contributed by atoms with Gasteiger partial charge in [-0.15, -0.1) is 0 Å². The highest BCUT2D eigenvalue weighted by atomic mass is 19.1. The first-order chi connectivity index (χ1) is 8.99. The van der Waals surface area contributed by atoms with Gasteiger partial charge in [0.1, 0.15) is 5.82 Å². The molecule has 0 saturated carbocycles. The highest BCUT2D eigenvalue weighted by molar-refractivity contribution is 5.95. The number of anilines is 2. The van der Waals surface area contributed by atoms with Crippen LogP contribution in [0.25, 0.3) is 0 Å². The first-order valence-electron chi connectivity index (χ1n) is 5.85. The number of para-hydroxylation sites is 1. The van der Waals surface area contributed by atoms with Crippen molar-refractivity contribution in [1.29, 1.82) is 0 Å². The van der Waals surface area contributed by atoms with Gasteiger partial charge in [-0.3, -0.25) is 0 Å². The van der Waals surface area contributed by atoms with E-state index in [1.165, 1.54) is 6.07 Å². The number of hydrogen-bond acceptors (Lipinski definition) is 2. The first-order valence-corrected chi connectivity index (χ1v) is 5.85. The number of hydrogen-bond donors (Lipinski definition) is 2. The second-order valence-electron chi connectivity index (χ2n) is 4.41. The maximum absolute atomic E-state index is 13.7. The fraction of sp³-hybridized carbons (Fsp3) is 0.133. The Balaban J connectivity index is 2.47. The summed E-state index contributed by atoms with van der Waals surface area (Å²) in [7, 11) is 0. The van der Waals surface area contributed by atoms with Crippen molar-refractivity contribution in [2.45, 2.75) is 13.8 Å². The molecule has 0 heterocycles. The van der Waals surface area contributed by atoms with Gasteiger partial charge in [0.25, 0.3) is 0 Å². The van der Waals surface area contributed by atoms with Crippen molar-refractivity contribution in [1.82, 2.24) is 0 Å². The van der Waals surface area contributed by atoms with Gasteiger partial charge >= 0.3 is 5.97 Å². The minimum atomic E-state index is -1.04. The van der Waals surface area contributed by atoms with Gasteiger partial charge in [0, 0.05) is 0 Å². The maximum Gasteiger partial charge on any atom is 0.337 e. The van der Waals surface area contributed by atoms with Gasteiger partial charge in [-0.25, -0.2) is 9.18 Å². The summed E-state index contributed by atoms with van der Waals surface area (Å²) >= 11 is 0. The Morgan fingerprint density at radius 3 is 2.58 bits per heavy atom. The third kappa shape index (κ3) is 2.73. The van der Waals surface area contributed by atoms with Crippen molar-refractivity contribution in [3.05, 3.63) is 58.9 Å². The minimum absolute atomic E-state index is 0.127. The lowest BCUT2D eigenvalue weighted by Gasteiger charge is -2.13. The van der Waals surface area contributed by atoms with Crippen LogP contribution in [0.5, 0.6) is 0 Å². The zero-order chi connectivity index (χ0) is 14.0. The maximum atomic E-state index is 13.7. The highest BCUT2D eigenvalue weighted by Gasteiger charge is 2.13. The summed E-state index contributed by atoms with van der Waals surface area (Å²) in [5, 5.41) is 12.0. The lowest BCUT2D eigenvalue weighted by Crippen LogP contribution is -2.05. The quantitative estimate of drug-likeness (QED) is 0.879. The molecule has 0 amide bonds. The monoisotopic (exact) mass is 259 g/mol. The van der Waals surface area contributed by atoms with E-state index in [-0.39, 0.29) is 5.56 Å². The predicted molar refractivity (Wildman–Crippen MR) is 72.6 cm³/mol. The zero-order valence-electron chi connectivity index (χ0n) is 10.7. The Labute approximate surface area is 110 Å². The average Bonchev–Trinajstić information content (AvgIpc) is 2.35. The van der Waals surface area contributed by atoms with Gasteiger partial charge < -0.3 is 10.4 Å². The van der Waals surface area contributed by atoms with Crippen LogP contribution in [0.2, 0.25) is 0 Å². The number of nitrogens with one attached hydrogen (secondary N) is 1. The molecule has 3 nitrogen and oxygen atoms in total. The van der Waals surface area contributed by atoms with E-state index in [1.807, 2.05) is 6.92 Å². The molecule has 0 radical (unpaired) electrons. The molecule has 2 aromatic rings. The molecule has 0 aliphatic carbocycles. The van der Waals surface area contributed by atoms with Crippen LogP contribution in [0.3, 0.4) is 0 Å². The molecule has 2 rings (SSSR count). The van der Waals surface area contributed by atoms with Crippen molar-refractivity contribution < 1.29 is 14.3 Å². The normalized spacial score (nSPS) is 10.3. The van der Waals surface area contributed by atoms with Gasteiger partial charge in [0.05, 0.1) is 16.9 Å². The van der Waals surface area contributed by atoms with E-state index in [1.54, 1.807) is 37.3 Å². The average molecular weight is 259 g/mol. The van der Waals surface area contributed by atoms with Gasteiger partial charge in [-0.1, -0.05) is 23.8 Å². The predicted octanol–water partition coefficient (Wildman–Crippen LogP) is 3.88. The van der Waals surface area contributed by atoms with Gasteiger partial charge in [0.15, 0.2) is 0 Å². The molecule has 0 atom stereocenters. The van der Waals surface area contributed by atoms with Gasteiger partial charge in [0.2, 0.25) is 0 Å². The summed E-state index contributed by atoms with van der Waals surface area (Å²) < 4.78 is 13.7. The Morgan fingerprint density at radius 2 is 1.95 bits per heavy atom. The Kier molecular flexibility index (Phi) is 3.51. The van der Waals surface area contributed by atoms with Crippen LogP contribution in [0.4, 0.5) is 15.8 Å². The molecule has 0 spiro atoms. The molecule has 98 valence electrons. The summed E-state index contributed by atoms with van der Waals surface area (Å²) in [6.07, 6.45) is 0. The fourth-order valence-corrected chi connectivity index (χ4v) is 1.87. The summed E-state index contributed by atoms with van der Waals surface area (Å²) in [6, 6.07) is 9.70. The molecule has 19 heavy (non-hydrogen) atoms. The van der Waals surface area contributed by atoms with Crippen molar-refractivity contribution in [2.75, 3.05) is 5.32 Å². The number of carboxylic acids is 1. The summed E-state index contributed by atoms with van der Waals surface area (Å²) in [5.74, 6) is -1.45. The van der Waals surface area contributed by atoms with Crippen molar-refractivity contribution in [2.24, 2.45) is 0 Å². The first kappa shape index (κ1) is 13.1. The van der Waals surface area contributed by atoms with E-state index in [0.717, 1.165) is 11.1 Å². The largest absolute Gasteiger partial charge is 0.478 e. The molecule has 0 saturated heterocycles. The van der Waals surface area contributed by atoms with E-state index in [9.17, 15) is 14.3 Å². The number of rotatable bonds is 3. The number of aryl methyl sites for hydroxylation is 2. The number of aromatic carboxylic acids is 1. The number of benzene rings is 2. The van der Waals surface area contributed by atoms with Crippen LogP contribution in [-0.4, -0.2) is 11.1 Å². The van der Waals surface area contributed by atoms with E-state index in [4.69, 9.17) is 0 Å². The van der Waals surface area contributed by atoms with Crippen molar-refractivity contribution in [3.63, 3.8) is 0 Å². The molecular formula is C15H14FNO2. The van der Waals surface area contributed by atoms with Crippen molar-refractivity contribution >= 4 is 17.3 Å². The second kappa shape index (κ2) is 5.10. The number of carboxylic acid groups (broad SMARTS) is 1.